The first-order valence-electron chi connectivity index (χ1n) is 10.2. The van der Waals surface area contributed by atoms with Gasteiger partial charge in [0.05, 0.1) is 7.11 Å². The van der Waals surface area contributed by atoms with E-state index < -0.39 is 0 Å². The minimum Gasteiger partial charge on any atom is -0.497 e. The zero-order valence-corrected chi connectivity index (χ0v) is 17.4. The topological polar surface area (TPSA) is 36.0 Å². The molecule has 2 fully saturated rings. The number of anilines is 1. The lowest BCUT2D eigenvalue weighted by atomic mass is 10.2. The number of nitrogens with zero attached hydrogens (tertiary/aromatic N) is 3. The number of carbonyl (C=O) groups excluding carboxylic acids is 1. The number of piperazine rings is 1. The minimum absolute atomic E-state index is 0.297. The molecule has 150 valence electrons. The van der Waals surface area contributed by atoms with Crippen LogP contribution in [0.2, 0.25) is 0 Å². The van der Waals surface area contributed by atoms with Gasteiger partial charge in [0, 0.05) is 55.8 Å². The number of methoxy groups -OCH3 is 1. The van der Waals surface area contributed by atoms with E-state index in [0.29, 0.717) is 18.4 Å². The Morgan fingerprint density at radius 2 is 1.89 bits per heavy atom. The summed E-state index contributed by atoms with van der Waals surface area (Å²) in [5.74, 6) is 1.17. The van der Waals surface area contributed by atoms with Crippen LogP contribution >= 0.6 is 11.3 Å². The van der Waals surface area contributed by atoms with E-state index in [1.165, 1.54) is 23.4 Å². The first-order valence-corrected chi connectivity index (χ1v) is 11.1. The highest BCUT2D eigenvalue weighted by Crippen LogP contribution is 2.34. The zero-order valence-electron chi connectivity index (χ0n) is 16.5. The predicted molar refractivity (Wildman–Crippen MR) is 114 cm³/mol. The molecule has 0 saturated carbocycles. The molecule has 0 bridgehead atoms. The van der Waals surface area contributed by atoms with Gasteiger partial charge in [-0.2, -0.15) is 0 Å². The molecule has 6 heteroatoms. The Morgan fingerprint density at radius 3 is 2.57 bits per heavy atom. The molecule has 28 heavy (non-hydrogen) atoms. The van der Waals surface area contributed by atoms with Crippen LogP contribution in [0.4, 0.5) is 5.69 Å². The molecule has 0 N–H and O–H groups in total. The highest BCUT2D eigenvalue weighted by atomic mass is 32.1. The van der Waals surface area contributed by atoms with Crippen molar-refractivity contribution in [1.29, 1.82) is 0 Å². The van der Waals surface area contributed by atoms with Crippen molar-refractivity contribution in [1.82, 2.24) is 9.80 Å². The highest BCUT2D eigenvalue weighted by Gasteiger charge is 2.28. The van der Waals surface area contributed by atoms with Gasteiger partial charge in [0.2, 0.25) is 5.91 Å². The summed E-state index contributed by atoms with van der Waals surface area (Å²) < 4.78 is 5.23. The van der Waals surface area contributed by atoms with E-state index in [-0.39, 0.29) is 0 Å². The van der Waals surface area contributed by atoms with Crippen molar-refractivity contribution in [3.05, 3.63) is 46.7 Å². The molecule has 5 nitrogen and oxygen atoms in total. The average Bonchev–Trinajstić information content (AvgIpc) is 3.43. The number of carbonyl (C=O) groups is 1. The van der Waals surface area contributed by atoms with Crippen LogP contribution in [0, 0.1) is 0 Å². The molecule has 1 unspecified atom stereocenters. The maximum atomic E-state index is 12.7. The molecule has 1 aromatic heterocycles. The first-order chi connectivity index (χ1) is 13.7. The Labute approximate surface area is 171 Å². The smallest absolute Gasteiger partial charge is 0.223 e. The fourth-order valence-corrected chi connectivity index (χ4v) is 5.20. The van der Waals surface area contributed by atoms with Crippen LogP contribution in [0.3, 0.4) is 0 Å². The molecule has 1 aromatic carbocycles. The van der Waals surface area contributed by atoms with Gasteiger partial charge in [0.25, 0.3) is 0 Å². The van der Waals surface area contributed by atoms with Crippen molar-refractivity contribution in [2.45, 2.75) is 25.3 Å². The van der Waals surface area contributed by atoms with Gasteiger partial charge in [-0.3, -0.25) is 9.69 Å². The van der Waals surface area contributed by atoms with Gasteiger partial charge in [-0.15, -0.1) is 11.3 Å². The van der Waals surface area contributed by atoms with Gasteiger partial charge in [0.1, 0.15) is 5.75 Å². The predicted octanol–water partition coefficient (Wildman–Crippen LogP) is 3.63. The molecule has 2 saturated heterocycles. The van der Waals surface area contributed by atoms with Crippen molar-refractivity contribution in [3.8, 4) is 5.75 Å². The van der Waals surface area contributed by atoms with Crippen molar-refractivity contribution in [3.63, 3.8) is 0 Å². The van der Waals surface area contributed by atoms with Crippen molar-refractivity contribution in [2.75, 3.05) is 51.3 Å². The number of hydrogen-bond donors (Lipinski definition) is 0. The Hall–Kier alpha value is -2.05. The van der Waals surface area contributed by atoms with Gasteiger partial charge in [-0.1, -0.05) is 6.07 Å². The van der Waals surface area contributed by atoms with Crippen molar-refractivity contribution >= 4 is 22.9 Å². The quantitative estimate of drug-likeness (QED) is 0.743. The number of amides is 1. The maximum Gasteiger partial charge on any atom is 0.223 e. The van der Waals surface area contributed by atoms with Gasteiger partial charge in [0.15, 0.2) is 0 Å². The highest BCUT2D eigenvalue weighted by molar-refractivity contribution is 7.10. The van der Waals surface area contributed by atoms with E-state index in [4.69, 9.17) is 4.74 Å². The fraction of sp³-hybridized carbons (Fsp3) is 0.500. The number of rotatable bonds is 6. The molecule has 2 aliphatic rings. The Bertz CT molecular complexity index is 755. The lowest BCUT2D eigenvalue weighted by Crippen LogP contribution is -2.49. The number of thiophene rings is 1. The standard InChI is InChI=1S/C22H29N3O2S/c1-27-19-8-6-18(7-9-19)23-13-15-25(16-14-23)22(26)10-12-24-11-2-4-20(24)21-5-3-17-28-21/h3,5-9,17,20H,2,4,10-16H2,1H3. The van der Waals surface area contributed by atoms with Gasteiger partial charge in [-0.05, 0) is 55.1 Å². The van der Waals surface area contributed by atoms with Crippen LogP contribution in [-0.4, -0.2) is 62.1 Å². The zero-order chi connectivity index (χ0) is 19.3. The minimum atomic E-state index is 0.297. The lowest BCUT2D eigenvalue weighted by molar-refractivity contribution is -0.131. The second-order valence-electron chi connectivity index (χ2n) is 7.53. The van der Waals surface area contributed by atoms with Crippen LogP contribution in [0.1, 0.15) is 30.2 Å². The molecular formula is C22H29N3O2S. The number of benzene rings is 1. The Kier molecular flexibility index (Phi) is 6.17. The van der Waals surface area contributed by atoms with Gasteiger partial charge < -0.3 is 14.5 Å². The summed E-state index contributed by atoms with van der Waals surface area (Å²) in [6.45, 7) is 5.37. The summed E-state index contributed by atoms with van der Waals surface area (Å²) in [5.41, 5.74) is 1.20. The van der Waals surface area contributed by atoms with Crippen molar-refractivity contribution in [2.24, 2.45) is 0 Å². The third-order valence-corrected chi connectivity index (χ3v) is 6.89. The third kappa shape index (κ3) is 4.33. The summed E-state index contributed by atoms with van der Waals surface area (Å²) in [5, 5.41) is 2.15. The summed E-state index contributed by atoms with van der Waals surface area (Å²) in [6, 6.07) is 13.0. The summed E-state index contributed by atoms with van der Waals surface area (Å²) in [6.07, 6.45) is 3.08. The number of ether oxygens (including phenoxy) is 1. The number of likely N-dealkylation sites (tertiary alicyclic amines) is 1. The second kappa shape index (κ2) is 8.97. The van der Waals surface area contributed by atoms with E-state index in [1.54, 1.807) is 7.11 Å². The molecule has 2 aromatic rings. The number of hydrogen-bond acceptors (Lipinski definition) is 5. The van der Waals surface area contributed by atoms with Crippen LogP contribution in [-0.2, 0) is 4.79 Å². The normalized spacial score (nSPS) is 20.5. The lowest BCUT2D eigenvalue weighted by Gasteiger charge is -2.36. The van der Waals surface area contributed by atoms with Gasteiger partial charge in [-0.25, -0.2) is 0 Å². The van der Waals surface area contributed by atoms with Crippen LogP contribution in [0.25, 0.3) is 0 Å². The van der Waals surface area contributed by atoms with Crippen LogP contribution in [0.5, 0.6) is 5.75 Å². The van der Waals surface area contributed by atoms with E-state index in [1.807, 2.05) is 28.4 Å². The molecule has 0 radical (unpaired) electrons. The molecule has 0 spiro atoms. The molecule has 4 rings (SSSR count). The van der Waals surface area contributed by atoms with E-state index in [0.717, 1.165) is 45.0 Å². The Morgan fingerprint density at radius 1 is 1.11 bits per heavy atom. The summed E-state index contributed by atoms with van der Waals surface area (Å²) >= 11 is 1.84. The first kappa shape index (κ1) is 19.3. The molecular weight excluding hydrogens is 370 g/mol. The average molecular weight is 400 g/mol. The van der Waals surface area contributed by atoms with E-state index in [2.05, 4.69) is 39.4 Å². The van der Waals surface area contributed by atoms with Gasteiger partial charge >= 0.3 is 0 Å². The molecule has 1 atom stereocenters. The van der Waals surface area contributed by atoms with Crippen LogP contribution < -0.4 is 9.64 Å². The van der Waals surface area contributed by atoms with Crippen LogP contribution in [0.15, 0.2) is 41.8 Å². The molecule has 3 heterocycles. The summed E-state index contributed by atoms with van der Waals surface area (Å²) in [7, 11) is 1.68. The SMILES string of the molecule is COc1ccc(N2CCN(C(=O)CCN3CCCC3c3cccs3)CC2)cc1. The largest absolute Gasteiger partial charge is 0.497 e. The maximum absolute atomic E-state index is 12.7. The third-order valence-electron chi connectivity index (χ3n) is 5.92. The fourth-order valence-electron chi connectivity index (χ4n) is 4.30. The Balaban J connectivity index is 1.25. The van der Waals surface area contributed by atoms with E-state index >= 15 is 0 Å². The van der Waals surface area contributed by atoms with E-state index in [9.17, 15) is 4.79 Å². The summed E-state index contributed by atoms with van der Waals surface area (Å²) in [4.78, 5) is 21.1. The monoisotopic (exact) mass is 399 g/mol. The second-order valence-corrected chi connectivity index (χ2v) is 8.50. The molecule has 2 aliphatic heterocycles. The molecule has 0 aliphatic carbocycles. The molecule has 1 amide bonds. The van der Waals surface area contributed by atoms with Crippen molar-refractivity contribution < 1.29 is 9.53 Å².